The number of anilines is 1. The summed E-state index contributed by atoms with van der Waals surface area (Å²) in [6, 6.07) is 1.02. The van der Waals surface area contributed by atoms with E-state index in [-0.39, 0.29) is 34.0 Å². The fraction of sp³-hybridized carbons (Fsp3) is 0.480. The number of aliphatic hydroxyl groups excluding tert-OH is 1. The van der Waals surface area contributed by atoms with E-state index in [1.807, 2.05) is 0 Å². The van der Waals surface area contributed by atoms with Gasteiger partial charge in [0.2, 0.25) is 0 Å². The lowest BCUT2D eigenvalue weighted by atomic mass is 9.90. The second-order valence-electron chi connectivity index (χ2n) is 9.69. The normalized spacial score (nSPS) is 19.9. The van der Waals surface area contributed by atoms with Crippen molar-refractivity contribution >= 4 is 28.8 Å². The van der Waals surface area contributed by atoms with Crippen LogP contribution in [0, 0.1) is 12.7 Å². The third-order valence-corrected chi connectivity index (χ3v) is 6.78. The highest BCUT2D eigenvalue weighted by Crippen LogP contribution is 2.42. The average Bonchev–Trinajstić information content (AvgIpc) is 3.16. The molecule has 0 saturated heterocycles. The van der Waals surface area contributed by atoms with Crippen LogP contribution >= 0.6 is 11.6 Å². The lowest BCUT2D eigenvalue weighted by Gasteiger charge is -2.29. The summed E-state index contributed by atoms with van der Waals surface area (Å²) in [7, 11) is 0. The van der Waals surface area contributed by atoms with E-state index in [0.29, 0.717) is 36.9 Å². The number of nitrogens with one attached hydrogen (secondary N) is 1. The molecule has 11 heteroatoms. The number of imidazole rings is 1. The molecule has 1 amide bonds. The van der Waals surface area contributed by atoms with Gasteiger partial charge >= 0.3 is 0 Å². The summed E-state index contributed by atoms with van der Waals surface area (Å²) in [6.07, 6.45) is 4.45. The van der Waals surface area contributed by atoms with E-state index in [9.17, 15) is 15.0 Å². The molecule has 36 heavy (non-hydrogen) atoms. The standard InChI is InChI=1S/C25H31ClFN5O4/c1-12(2)36-21-16(25(4,35)24-30-13(3)20-22(28)29-9-10-32(20)24)11-17(26)19(27)18(21)23(34)31-14-5-7-15(33)8-6-14/h9-12,14-15,33,35H,5-8H2,1-4H3,(H2,28,29)(H,31,34)/t14-,15-,25-/m0/s1. The smallest absolute Gasteiger partial charge is 0.258 e. The van der Waals surface area contributed by atoms with Gasteiger partial charge in [-0.2, -0.15) is 0 Å². The molecular formula is C25H31ClFN5O4. The van der Waals surface area contributed by atoms with E-state index < -0.39 is 35.1 Å². The Labute approximate surface area is 213 Å². The van der Waals surface area contributed by atoms with Gasteiger partial charge in [0.25, 0.3) is 5.91 Å². The van der Waals surface area contributed by atoms with Gasteiger partial charge in [0.1, 0.15) is 34.1 Å². The second-order valence-corrected chi connectivity index (χ2v) is 10.1. The lowest BCUT2D eigenvalue weighted by Crippen LogP contribution is -2.39. The van der Waals surface area contributed by atoms with Gasteiger partial charge in [-0.1, -0.05) is 11.6 Å². The summed E-state index contributed by atoms with van der Waals surface area (Å²) in [5, 5.41) is 24.1. The number of benzene rings is 1. The summed E-state index contributed by atoms with van der Waals surface area (Å²) in [6.45, 7) is 6.67. The SMILES string of the molecule is Cc1nc([C@@](C)(O)c2cc(Cl)c(F)c(C(=O)N[C@H]3CC[C@H](O)CC3)c2OC(C)C)n2ccnc(N)c12. The zero-order valence-corrected chi connectivity index (χ0v) is 21.4. The Balaban J connectivity index is 1.87. The molecular weight excluding hydrogens is 489 g/mol. The third kappa shape index (κ3) is 4.72. The van der Waals surface area contributed by atoms with Gasteiger partial charge in [0, 0.05) is 24.0 Å². The van der Waals surface area contributed by atoms with Crippen molar-refractivity contribution in [1.29, 1.82) is 0 Å². The number of carbonyl (C=O) groups excluding carboxylic acids is 1. The number of fused-ring (bicyclic) bond motifs is 1. The monoisotopic (exact) mass is 519 g/mol. The number of hydrogen-bond donors (Lipinski definition) is 4. The van der Waals surface area contributed by atoms with Crippen LogP contribution in [-0.4, -0.2) is 48.7 Å². The number of nitrogen functional groups attached to an aromatic ring is 1. The Morgan fingerprint density at radius 2 is 2.03 bits per heavy atom. The Kier molecular flexibility index (Phi) is 7.14. The molecule has 0 radical (unpaired) electrons. The van der Waals surface area contributed by atoms with Crippen molar-refractivity contribution in [2.24, 2.45) is 0 Å². The van der Waals surface area contributed by atoms with Crippen molar-refractivity contribution in [3.05, 3.63) is 51.9 Å². The van der Waals surface area contributed by atoms with E-state index in [4.69, 9.17) is 22.1 Å². The Morgan fingerprint density at radius 3 is 2.67 bits per heavy atom. The minimum atomic E-state index is -1.86. The summed E-state index contributed by atoms with van der Waals surface area (Å²) in [5.41, 5.74) is 4.91. The molecule has 0 bridgehead atoms. The summed E-state index contributed by atoms with van der Waals surface area (Å²) < 4.78 is 23.0. The minimum Gasteiger partial charge on any atom is -0.490 e. The molecule has 194 valence electrons. The maximum absolute atomic E-state index is 15.4. The lowest BCUT2D eigenvalue weighted by molar-refractivity contribution is 0.0820. The first-order chi connectivity index (χ1) is 16.9. The predicted octanol–water partition coefficient (Wildman–Crippen LogP) is 3.49. The first kappa shape index (κ1) is 26.1. The Hall–Kier alpha value is -2.95. The van der Waals surface area contributed by atoms with Crippen LogP contribution in [0.3, 0.4) is 0 Å². The van der Waals surface area contributed by atoms with Gasteiger partial charge in [0.05, 0.1) is 22.9 Å². The van der Waals surface area contributed by atoms with E-state index in [1.54, 1.807) is 31.4 Å². The van der Waals surface area contributed by atoms with Crippen LogP contribution in [0.2, 0.25) is 5.02 Å². The summed E-state index contributed by atoms with van der Waals surface area (Å²) >= 11 is 6.26. The highest BCUT2D eigenvalue weighted by molar-refractivity contribution is 6.31. The van der Waals surface area contributed by atoms with Crippen LogP contribution in [-0.2, 0) is 5.60 Å². The van der Waals surface area contributed by atoms with Gasteiger partial charge in [-0.3, -0.25) is 9.20 Å². The highest BCUT2D eigenvalue weighted by atomic mass is 35.5. The van der Waals surface area contributed by atoms with Gasteiger partial charge < -0.3 is 26.0 Å². The molecule has 1 saturated carbocycles. The molecule has 1 aliphatic carbocycles. The molecule has 1 fully saturated rings. The topological polar surface area (TPSA) is 135 Å². The number of hydrogen-bond acceptors (Lipinski definition) is 7. The zero-order valence-electron chi connectivity index (χ0n) is 20.7. The van der Waals surface area contributed by atoms with Gasteiger partial charge in [-0.15, -0.1) is 0 Å². The molecule has 2 aromatic heterocycles. The van der Waals surface area contributed by atoms with Crippen molar-refractivity contribution in [2.45, 2.75) is 77.2 Å². The number of amides is 1. The largest absolute Gasteiger partial charge is 0.490 e. The predicted molar refractivity (Wildman–Crippen MR) is 134 cm³/mol. The average molecular weight is 520 g/mol. The summed E-state index contributed by atoms with van der Waals surface area (Å²) in [5.74, 6) is -1.37. The van der Waals surface area contributed by atoms with Crippen molar-refractivity contribution in [1.82, 2.24) is 19.7 Å². The number of nitrogens with zero attached hydrogens (tertiary/aromatic N) is 3. The van der Waals surface area contributed by atoms with E-state index in [1.165, 1.54) is 19.2 Å². The van der Waals surface area contributed by atoms with Gasteiger partial charge in [0.15, 0.2) is 5.82 Å². The van der Waals surface area contributed by atoms with E-state index >= 15 is 4.39 Å². The van der Waals surface area contributed by atoms with Crippen molar-refractivity contribution in [3.8, 4) is 5.75 Å². The molecule has 0 unspecified atom stereocenters. The number of aryl methyl sites for hydroxylation is 1. The molecule has 0 spiro atoms. The number of aliphatic hydroxyl groups is 2. The maximum atomic E-state index is 15.4. The Morgan fingerprint density at radius 1 is 1.36 bits per heavy atom. The molecule has 2 heterocycles. The molecule has 9 nitrogen and oxygen atoms in total. The molecule has 0 aliphatic heterocycles. The molecule has 1 aliphatic rings. The van der Waals surface area contributed by atoms with Crippen LogP contribution in [0.5, 0.6) is 5.75 Å². The van der Waals surface area contributed by atoms with E-state index in [2.05, 4.69) is 15.3 Å². The summed E-state index contributed by atoms with van der Waals surface area (Å²) in [4.78, 5) is 22.0. The second kappa shape index (κ2) is 9.84. The van der Waals surface area contributed by atoms with E-state index in [0.717, 1.165) is 0 Å². The fourth-order valence-corrected chi connectivity index (χ4v) is 4.92. The van der Waals surface area contributed by atoms with Crippen LogP contribution in [0.4, 0.5) is 10.2 Å². The van der Waals surface area contributed by atoms with Gasteiger partial charge in [-0.25, -0.2) is 14.4 Å². The maximum Gasteiger partial charge on any atom is 0.258 e. The number of aromatic nitrogens is 3. The zero-order chi connectivity index (χ0) is 26.4. The number of ether oxygens (including phenoxy) is 1. The highest BCUT2D eigenvalue weighted by Gasteiger charge is 2.39. The number of carbonyl (C=O) groups is 1. The van der Waals surface area contributed by atoms with Crippen molar-refractivity contribution in [3.63, 3.8) is 0 Å². The minimum absolute atomic E-state index is 0.0779. The molecule has 5 N–H and O–H groups in total. The quantitative estimate of drug-likeness (QED) is 0.391. The van der Waals surface area contributed by atoms with Crippen LogP contribution in [0.15, 0.2) is 18.5 Å². The number of rotatable bonds is 6. The molecule has 1 atom stereocenters. The number of halogens is 2. The molecule has 3 aromatic rings. The van der Waals surface area contributed by atoms with Crippen molar-refractivity contribution in [2.75, 3.05) is 5.73 Å². The Bertz CT molecular complexity index is 1300. The third-order valence-electron chi connectivity index (χ3n) is 6.50. The van der Waals surface area contributed by atoms with Crippen LogP contribution in [0.1, 0.15) is 73.9 Å². The first-order valence-electron chi connectivity index (χ1n) is 11.9. The molecule has 1 aromatic carbocycles. The fourth-order valence-electron chi connectivity index (χ4n) is 4.71. The first-order valence-corrected chi connectivity index (χ1v) is 12.3. The van der Waals surface area contributed by atoms with Gasteiger partial charge in [-0.05, 0) is 59.4 Å². The van der Waals surface area contributed by atoms with Crippen LogP contribution < -0.4 is 15.8 Å². The molecule has 4 rings (SSSR count). The van der Waals surface area contributed by atoms with Crippen molar-refractivity contribution < 1.29 is 24.1 Å². The number of nitrogens with two attached hydrogens (primary N) is 1. The van der Waals surface area contributed by atoms with Crippen LogP contribution in [0.25, 0.3) is 5.52 Å².